The molecule has 2 aromatic carbocycles. The van der Waals surface area contributed by atoms with Crippen LogP contribution in [0.1, 0.15) is 5.56 Å². The van der Waals surface area contributed by atoms with Crippen LogP contribution in [0.4, 0.5) is 0 Å². The van der Waals surface area contributed by atoms with Crippen molar-refractivity contribution in [3.8, 4) is 11.1 Å². The minimum Gasteiger partial charge on any atom is -0.237 e. The highest BCUT2D eigenvalue weighted by molar-refractivity contribution is 14.1. The standard InChI is InChI=1S/C20H14IN2O2S/c1-14-7-9-17(10-8-14)26(24,25)23-13-19(21)18-11-16(12-22-20(18)23)15-5-3-2-4-6-15/h2-3,5-13H,1H3. The van der Waals surface area contributed by atoms with Crippen molar-refractivity contribution in [3.63, 3.8) is 0 Å². The van der Waals surface area contributed by atoms with Crippen molar-refractivity contribution in [2.45, 2.75) is 11.8 Å². The third-order valence-electron chi connectivity index (χ3n) is 4.18. The lowest BCUT2D eigenvalue weighted by Gasteiger charge is -2.08. The summed E-state index contributed by atoms with van der Waals surface area (Å²) in [6.45, 7) is 1.93. The van der Waals surface area contributed by atoms with E-state index in [1.165, 1.54) is 3.97 Å². The molecule has 0 atom stereocenters. The average molecular weight is 473 g/mol. The minimum absolute atomic E-state index is 0.250. The van der Waals surface area contributed by atoms with E-state index in [-0.39, 0.29) is 4.90 Å². The van der Waals surface area contributed by atoms with Crippen LogP contribution < -0.4 is 0 Å². The summed E-state index contributed by atoms with van der Waals surface area (Å²) >= 11 is 2.15. The van der Waals surface area contributed by atoms with E-state index in [0.29, 0.717) is 5.65 Å². The predicted molar refractivity (Wildman–Crippen MR) is 110 cm³/mol. The monoisotopic (exact) mass is 473 g/mol. The van der Waals surface area contributed by atoms with Crippen LogP contribution in [-0.2, 0) is 10.0 Å². The lowest BCUT2D eigenvalue weighted by atomic mass is 10.1. The molecule has 0 spiro atoms. The van der Waals surface area contributed by atoms with Gasteiger partial charge >= 0.3 is 0 Å². The summed E-state index contributed by atoms with van der Waals surface area (Å²) in [5.74, 6) is 0. The van der Waals surface area contributed by atoms with Crippen molar-refractivity contribution >= 4 is 43.6 Å². The second kappa shape index (κ2) is 6.51. The van der Waals surface area contributed by atoms with Gasteiger partial charge in [-0.2, -0.15) is 0 Å². The van der Waals surface area contributed by atoms with Crippen LogP contribution in [0.15, 0.2) is 71.9 Å². The Bertz CT molecular complexity index is 1200. The zero-order valence-corrected chi connectivity index (χ0v) is 16.8. The highest BCUT2D eigenvalue weighted by Gasteiger charge is 2.21. The van der Waals surface area contributed by atoms with Gasteiger partial charge in [0.2, 0.25) is 0 Å². The number of pyridine rings is 1. The Balaban J connectivity index is 1.88. The fourth-order valence-corrected chi connectivity index (χ4v) is 4.97. The fourth-order valence-electron chi connectivity index (χ4n) is 2.78. The smallest absolute Gasteiger partial charge is 0.237 e. The molecule has 0 N–H and O–H groups in total. The molecule has 0 aliphatic heterocycles. The van der Waals surface area contributed by atoms with Crippen molar-refractivity contribution in [3.05, 3.63) is 82.2 Å². The number of benzene rings is 2. The zero-order chi connectivity index (χ0) is 18.3. The molecule has 2 heterocycles. The molecule has 129 valence electrons. The van der Waals surface area contributed by atoms with Gasteiger partial charge in [0.05, 0.1) is 4.90 Å². The summed E-state index contributed by atoms with van der Waals surface area (Å²) in [6, 6.07) is 19.5. The summed E-state index contributed by atoms with van der Waals surface area (Å²) in [7, 11) is -3.70. The Morgan fingerprint density at radius 3 is 2.58 bits per heavy atom. The molecule has 4 nitrogen and oxygen atoms in total. The van der Waals surface area contributed by atoms with Crippen LogP contribution >= 0.6 is 22.6 Å². The van der Waals surface area contributed by atoms with Gasteiger partial charge in [-0.3, -0.25) is 0 Å². The molecule has 0 saturated heterocycles. The average Bonchev–Trinajstić information content (AvgIpc) is 3.00. The molecule has 0 unspecified atom stereocenters. The molecule has 0 bridgehead atoms. The van der Waals surface area contributed by atoms with Gasteiger partial charge < -0.3 is 0 Å². The second-order valence-electron chi connectivity index (χ2n) is 5.98. The highest BCUT2D eigenvalue weighted by Crippen LogP contribution is 2.29. The highest BCUT2D eigenvalue weighted by atomic mass is 127. The molecule has 0 amide bonds. The van der Waals surface area contributed by atoms with E-state index in [2.05, 4.69) is 33.6 Å². The topological polar surface area (TPSA) is 52.0 Å². The van der Waals surface area contributed by atoms with Gasteiger partial charge in [-0.25, -0.2) is 17.4 Å². The lowest BCUT2D eigenvalue weighted by molar-refractivity contribution is 0.588. The molecule has 6 heteroatoms. The first-order valence-corrected chi connectivity index (χ1v) is 10.4. The Morgan fingerprint density at radius 1 is 1.12 bits per heavy atom. The van der Waals surface area contributed by atoms with Gasteiger partial charge in [-0.1, -0.05) is 35.9 Å². The Labute approximate surface area is 165 Å². The van der Waals surface area contributed by atoms with E-state index >= 15 is 0 Å². The SMILES string of the molecule is Cc1ccc(S(=O)(=O)n2cc(I)c3cc(-c4c[c]ccc4)cnc32)cc1. The first kappa shape index (κ1) is 17.2. The minimum atomic E-state index is -3.70. The predicted octanol–water partition coefficient (Wildman–Crippen LogP) is 4.65. The first-order valence-electron chi connectivity index (χ1n) is 7.92. The number of rotatable bonds is 3. The van der Waals surface area contributed by atoms with Gasteiger partial charge in [-0.05, 0) is 65.4 Å². The second-order valence-corrected chi connectivity index (χ2v) is 8.96. The number of hydrogen-bond donors (Lipinski definition) is 0. The molecule has 2 aromatic heterocycles. The maximum Gasteiger partial charge on any atom is 0.269 e. The van der Waals surface area contributed by atoms with Gasteiger partial charge in [0.25, 0.3) is 10.0 Å². The lowest BCUT2D eigenvalue weighted by Crippen LogP contribution is -2.12. The third-order valence-corrected chi connectivity index (χ3v) is 6.71. The summed E-state index contributed by atoms with van der Waals surface area (Å²) in [5, 5.41) is 0.808. The van der Waals surface area contributed by atoms with Crippen molar-refractivity contribution in [1.29, 1.82) is 0 Å². The van der Waals surface area contributed by atoms with Crippen LogP contribution in [0.2, 0.25) is 0 Å². The van der Waals surface area contributed by atoms with Crippen LogP contribution in [0.5, 0.6) is 0 Å². The van der Waals surface area contributed by atoms with Gasteiger partial charge in [-0.15, -0.1) is 0 Å². The quantitative estimate of drug-likeness (QED) is 0.407. The number of halogens is 1. The van der Waals surface area contributed by atoms with Crippen LogP contribution in [0.25, 0.3) is 22.2 Å². The number of aromatic nitrogens is 2. The van der Waals surface area contributed by atoms with Crippen molar-refractivity contribution in [2.24, 2.45) is 0 Å². The number of fused-ring (bicyclic) bond motifs is 1. The molecule has 0 fully saturated rings. The van der Waals surface area contributed by atoms with Gasteiger partial charge in [0.15, 0.2) is 5.65 Å². The third kappa shape index (κ3) is 2.93. The van der Waals surface area contributed by atoms with Crippen molar-refractivity contribution in [2.75, 3.05) is 0 Å². The van der Waals surface area contributed by atoms with E-state index in [1.807, 2.05) is 37.3 Å². The van der Waals surface area contributed by atoms with E-state index in [1.54, 1.807) is 36.7 Å². The molecule has 4 aromatic rings. The number of nitrogens with zero attached hydrogens (tertiary/aromatic N) is 2. The van der Waals surface area contributed by atoms with E-state index < -0.39 is 10.0 Å². The molecule has 0 aliphatic carbocycles. The van der Waals surface area contributed by atoms with Crippen LogP contribution in [0, 0.1) is 16.6 Å². The number of aryl methyl sites for hydroxylation is 1. The first-order chi connectivity index (χ1) is 12.5. The van der Waals surface area contributed by atoms with E-state index in [4.69, 9.17) is 0 Å². The van der Waals surface area contributed by atoms with E-state index in [9.17, 15) is 8.42 Å². The zero-order valence-electron chi connectivity index (χ0n) is 13.8. The molecule has 0 aliphatic rings. The Hall–Kier alpha value is -2.19. The maximum atomic E-state index is 13.0. The largest absolute Gasteiger partial charge is 0.269 e. The van der Waals surface area contributed by atoms with E-state index in [0.717, 1.165) is 25.6 Å². The molecule has 26 heavy (non-hydrogen) atoms. The van der Waals surface area contributed by atoms with Crippen molar-refractivity contribution < 1.29 is 8.42 Å². The van der Waals surface area contributed by atoms with Crippen molar-refractivity contribution in [1.82, 2.24) is 8.96 Å². The number of hydrogen-bond acceptors (Lipinski definition) is 3. The molecular formula is C20H14IN2O2S. The summed E-state index contributed by atoms with van der Waals surface area (Å²) in [6.07, 6.45) is 3.32. The van der Waals surface area contributed by atoms with Crippen LogP contribution in [0.3, 0.4) is 0 Å². The van der Waals surface area contributed by atoms with Gasteiger partial charge in [0, 0.05) is 26.9 Å². The maximum absolute atomic E-state index is 13.0. The fraction of sp³-hybridized carbons (Fsp3) is 0.0500. The summed E-state index contributed by atoms with van der Waals surface area (Å²) < 4.78 is 28.2. The van der Waals surface area contributed by atoms with Crippen LogP contribution in [-0.4, -0.2) is 17.4 Å². The Kier molecular flexibility index (Phi) is 4.32. The molecule has 1 radical (unpaired) electrons. The summed E-state index contributed by atoms with van der Waals surface area (Å²) in [5.41, 5.74) is 3.36. The molecule has 4 rings (SSSR count). The molecular weight excluding hydrogens is 459 g/mol. The van der Waals surface area contributed by atoms with Gasteiger partial charge in [0.1, 0.15) is 0 Å². The summed E-state index contributed by atoms with van der Waals surface area (Å²) in [4.78, 5) is 4.70. The normalized spacial score (nSPS) is 11.8. The Morgan fingerprint density at radius 2 is 1.88 bits per heavy atom. The molecule has 0 saturated carbocycles.